The molecule has 3 amide bonds. The topological polar surface area (TPSA) is 128 Å². The van der Waals surface area contributed by atoms with Crippen LogP contribution < -0.4 is 10.6 Å². The van der Waals surface area contributed by atoms with E-state index in [2.05, 4.69) is 26.7 Å². The van der Waals surface area contributed by atoms with E-state index in [0.717, 1.165) is 54.3 Å². The summed E-state index contributed by atoms with van der Waals surface area (Å²) in [5.74, 6) is -0.0552. The summed E-state index contributed by atoms with van der Waals surface area (Å²) < 4.78 is 0. The van der Waals surface area contributed by atoms with Gasteiger partial charge in [0.25, 0.3) is 5.91 Å². The van der Waals surface area contributed by atoms with Crippen LogP contribution in [0.3, 0.4) is 0 Å². The third-order valence-electron chi connectivity index (χ3n) is 8.53. The first kappa shape index (κ1) is 26.8. The minimum absolute atomic E-state index is 0.123. The van der Waals surface area contributed by atoms with Gasteiger partial charge in [-0.05, 0) is 67.3 Å². The summed E-state index contributed by atoms with van der Waals surface area (Å²) in [5.41, 5.74) is 5.94. The lowest BCUT2D eigenvalue weighted by molar-refractivity contribution is -0.136. The van der Waals surface area contributed by atoms with Crippen molar-refractivity contribution in [3.05, 3.63) is 77.2 Å². The van der Waals surface area contributed by atoms with Gasteiger partial charge in [-0.15, -0.1) is 0 Å². The van der Waals surface area contributed by atoms with Gasteiger partial charge in [-0.3, -0.25) is 24.7 Å². The Morgan fingerprint density at radius 3 is 2.73 bits per heavy atom. The van der Waals surface area contributed by atoms with E-state index in [1.165, 1.54) is 18.2 Å². The fourth-order valence-corrected chi connectivity index (χ4v) is 6.15. The molecule has 6 rings (SSSR count). The molecule has 1 saturated heterocycles. The number of aromatic nitrogens is 2. The summed E-state index contributed by atoms with van der Waals surface area (Å²) in [6.45, 7) is 0.423. The Labute approximate surface area is 239 Å². The van der Waals surface area contributed by atoms with Crippen LogP contribution in [-0.2, 0) is 22.6 Å². The zero-order valence-corrected chi connectivity index (χ0v) is 22.9. The van der Waals surface area contributed by atoms with E-state index in [4.69, 9.17) is 5.41 Å². The Hall–Kier alpha value is -4.40. The van der Waals surface area contributed by atoms with Gasteiger partial charge in [0.05, 0.1) is 22.9 Å². The van der Waals surface area contributed by atoms with Crippen molar-refractivity contribution in [2.45, 2.75) is 70.0 Å². The van der Waals surface area contributed by atoms with Crippen molar-refractivity contribution in [3.8, 4) is 0 Å². The lowest BCUT2D eigenvalue weighted by Gasteiger charge is -2.35. The average molecular weight is 551 g/mol. The zero-order chi connectivity index (χ0) is 28.3. The van der Waals surface area contributed by atoms with E-state index in [1.807, 2.05) is 42.6 Å². The Morgan fingerprint density at radius 1 is 1.10 bits per heavy atom. The van der Waals surface area contributed by atoms with E-state index < -0.39 is 6.04 Å². The van der Waals surface area contributed by atoms with Crippen LogP contribution in [0.5, 0.6) is 0 Å². The zero-order valence-electron chi connectivity index (χ0n) is 22.9. The Kier molecular flexibility index (Phi) is 7.59. The van der Waals surface area contributed by atoms with Crippen molar-refractivity contribution in [3.63, 3.8) is 0 Å². The SMILES string of the molecule is N=C/C(=C\NC1CC(CCCCc2ccc3c(c2)CN(C2CCC(=O)NC2=O)C3=O)C1)c1cnc2ccccc2n1. The molecule has 1 saturated carbocycles. The van der Waals surface area contributed by atoms with Crippen LogP contribution in [0.2, 0.25) is 0 Å². The highest BCUT2D eigenvalue weighted by Crippen LogP contribution is 2.33. The van der Waals surface area contributed by atoms with Gasteiger partial charge in [0.1, 0.15) is 6.04 Å². The van der Waals surface area contributed by atoms with Gasteiger partial charge >= 0.3 is 0 Å². The maximum Gasteiger partial charge on any atom is 0.255 e. The normalized spacial score (nSPS) is 22.3. The fourth-order valence-electron chi connectivity index (χ4n) is 6.15. The number of hydrogen-bond donors (Lipinski definition) is 3. The van der Waals surface area contributed by atoms with Gasteiger partial charge in [-0.2, -0.15) is 0 Å². The molecule has 9 nitrogen and oxygen atoms in total. The molecule has 2 aliphatic heterocycles. The summed E-state index contributed by atoms with van der Waals surface area (Å²) in [6, 6.07) is 13.6. The molecule has 3 aromatic rings. The molecular formula is C32H34N6O3. The van der Waals surface area contributed by atoms with Crippen molar-refractivity contribution >= 4 is 40.5 Å². The summed E-state index contributed by atoms with van der Waals surface area (Å²) >= 11 is 0. The summed E-state index contributed by atoms with van der Waals surface area (Å²) in [4.78, 5) is 47.3. The second kappa shape index (κ2) is 11.6. The second-order valence-corrected chi connectivity index (χ2v) is 11.3. The van der Waals surface area contributed by atoms with Crippen molar-refractivity contribution in [2.75, 3.05) is 0 Å². The highest BCUT2D eigenvalue weighted by Gasteiger charge is 2.39. The maximum absolute atomic E-state index is 12.9. The van der Waals surface area contributed by atoms with E-state index in [-0.39, 0.29) is 24.1 Å². The molecule has 3 N–H and O–H groups in total. The maximum atomic E-state index is 12.9. The third kappa shape index (κ3) is 5.75. The number of piperidine rings is 1. The van der Waals surface area contributed by atoms with Crippen molar-refractivity contribution in [1.29, 1.82) is 5.41 Å². The van der Waals surface area contributed by atoms with E-state index in [0.29, 0.717) is 36.2 Å². The number of benzene rings is 2. The molecule has 2 aromatic carbocycles. The summed E-state index contributed by atoms with van der Waals surface area (Å²) in [7, 11) is 0. The molecule has 210 valence electrons. The number of nitrogens with one attached hydrogen (secondary N) is 3. The standard InChI is InChI=1S/C32H34N6O3/c33-16-23(28-18-35-26-7-3-4-8-27(26)36-28)17-34-24-14-21(15-24)6-2-1-5-20-9-10-25-22(13-20)19-38(32(25)41)29-11-12-30(39)37-31(29)40/h3-4,7-10,13,16-18,21,24,29,33-34H,1-2,5-6,11-12,14-15,19H2,(H,37,39,40)/b23-17+,33-16?. The molecule has 0 radical (unpaired) electrons. The Balaban J connectivity index is 0.932. The first-order chi connectivity index (χ1) is 20.0. The third-order valence-corrected chi connectivity index (χ3v) is 8.53. The van der Waals surface area contributed by atoms with E-state index in [9.17, 15) is 14.4 Å². The number of aryl methyl sites for hydroxylation is 1. The van der Waals surface area contributed by atoms with E-state index >= 15 is 0 Å². The van der Waals surface area contributed by atoms with Crippen LogP contribution in [0, 0.1) is 11.3 Å². The number of carbonyl (C=O) groups is 3. The molecule has 2 fully saturated rings. The first-order valence-electron chi connectivity index (χ1n) is 14.4. The first-order valence-corrected chi connectivity index (χ1v) is 14.4. The van der Waals surface area contributed by atoms with Gasteiger partial charge in [-0.1, -0.05) is 37.1 Å². The highest BCUT2D eigenvalue weighted by molar-refractivity contribution is 6.07. The molecule has 1 aromatic heterocycles. The van der Waals surface area contributed by atoms with Gasteiger partial charge in [-0.25, -0.2) is 4.98 Å². The average Bonchev–Trinajstić information content (AvgIpc) is 3.28. The fraction of sp³-hybridized carbons (Fsp3) is 0.375. The van der Waals surface area contributed by atoms with Crippen molar-refractivity contribution in [2.24, 2.45) is 5.92 Å². The number of allylic oxidation sites excluding steroid dienone is 1. The Bertz CT molecular complexity index is 1540. The predicted molar refractivity (Wildman–Crippen MR) is 156 cm³/mol. The lowest BCUT2D eigenvalue weighted by atomic mass is 9.77. The molecule has 1 atom stereocenters. The minimum Gasteiger partial charge on any atom is -0.388 e. The van der Waals surface area contributed by atoms with Gasteiger partial charge in [0, 0.05) is 42.6 Å². The van der Waals surface area contributed by atoms with Crippen LogP contribution in [0.25, 0.3) is 16.6 Å². The number of unbranched alkanes of at least 4 members (excludes halogenated alkanes) is 1. The number of nitrogens with zero attached hydrogens (tertiary/aromatic N) is 3. The molecule has 1 unspecified atom stereocenters. The smallest absolute Gasteiger partial charge is 0.255 e. The number of para-hydroxylation sites is 2. The number of imide groups is 1. The molecule has 1 aliphatic carbocycles. The molecule has 9 heteroatoms. The molecular weight excluding hydrogens is 516 g/mol. The summed E-state index contributed by atoms with van der Waals surface area (Å²) in [5, 5.41) is 13.6. The predicted octanol–water partition coefficient (Wildman–Crippen LogP) is 4.16. The quantitative estimate of drug-likeness (QED) is 0.198. The monoisotopic (exact) mass is 550 g/mol. The van der Waals surface area contributed by atoms with Crippen molar-refractivity contribution < 1.29 is 14.4 Å². The molecule has 3 heterocycles. The van der Waals surface area contributed by atoms with Gasteiger partial charge in [0.2, 0.25) is 11.8 Å². The highest BCUT2D eigenvalue weighted by atomic mass is 16.2. The van der Waals surface area contributed by atoms with Crippen molar-refractivity contribution in [1.82, 2.24) is 25.5 Å². The molecule has 0 spiro atoms. The van der Waals surface area contributed by atoms with Crippen LogP contribution >= 0.6 is 0 Å². The van der Waals surface area contributed by atoms with Crippen LogP contribution in [0.4, 0.5) is 0 Å². The molecule has 41 heavy (non-hydrogen) atoms. The number of carbonyl (C=O) groups excluding carboxylic acids is 3. The number of rotatable bonds is 10. The van der Waals surface area contributed by atoms with Crippen LogP contribution in [0.1, 0.15) is 72.1 Å². The van der Waals surface area contributed by atoms with Gasteiger partial charge in [0.15, 0.2) is 0 Å². The van der Waals surface area contributed by atoms with Crippen LogP contribution in [-0.4, -0.2) is 50.9 Å². The van der Waals surface area contributed by atoms with Crippen LogP contribution in [0.15, 0.2) is 54.9 Å². The van der Waals surface area contributed by atoms with Gasteiger partial charge < -0.3 is 15.6 Å². The number of amides is 3. The summed E-state index contributed by atoms with van der Waals surface area (Å²) in [6.07, 6.45) is 12.3. The molecule has 3 aliphatic rings. The number of fused-ring (bicyclic) bond motifs is 2. The molecule has 0 bridgehead atoms. The largest absolute Gasteiger partial charge is 0.388 e. The second-order valence-electron chi connectivity index (χ2n) is 11.3. The Morgan fingerprint density at radius 2 is 1.93 bits per heavy atom. The minimum atomic E-state index is -0.573. The lowest BCUT2D eigenvalue weighted by Crippen LogP contribution is -2.52. The number of hydrogen-bond acceptors (Lipinski definition) is 7. The van der Waals surface area contributed by atoms with E-state index in [1.54, 1.807) is 11.1 Å².